The zero-order chi connectivity index (χ0) is 22.3. The number of aliphatic hydroxyl groups excluding tert-OH is 1. The Bertz CT molecular complexity index is 909. The summed E-state index contributed by atoms with van der Waals surface area (Å²) >= 11 is 0. The van der Waals surface area contributed by atoms with Crippen LogP contribution in [0.3, 0.4) is 0 Å². The van der Waals surface area contributed by atoms with E-state index in [-0.39, 0.29) is 23.3 Å². The van der Waals surface area contributed by atoms with Gasteiger partial charge in [0.15, 0.2) is 5.88 Å². The molecule has 0 amide bonds. The minimum atomic E-state index is -0.213. The lowest BCUT2D eigenvalue weighted by atomic mass is 9.75. The molecule has 0 spiro atoms. The Kier molecular flexibility index (Phi) is 7.76. The van der Waals surface area contributed by atoms with Crippen LogP contribution in [-0.4, -0.2) is 29.1 Å². The summed E-state index contributed by atoms with van der Waals surface area (Å²) in [6.45, 7) is 24.1. The first-order valence-electron chi connectivity index (χ1n) is 10.2. The fraction of sp³-hybridized carbons (Fsp3) is 0.308. The molecule has 30 heavy (non-hydrogen) atoms. The van der Waals surface area contributed by atoms with Gasteiger partial charge in [-0.2, -0.15) is 0 Å². The summed E-state index contributed by atoms with van der Waals surface area (Å²) in [6, 6.07) is 8.14. The van der Waals surface area contributed by atoms with Gasteiger partial charge in [-0.05, 0) is 44.1 Å². The Balaban J connectivity index is 2.41. The average Bonchev–Trinajstić information content (AvgIpc) is 2.75. The first-order chi connectivity index (χ1) is 14.2. The third kappa shape index (κ3) is 5.47. The molecule has 0 fully saturated rings. The lowest BCUT2D eigenvalue weighted by Gasteiger charge is -2.34. The lowest BCUT2D eigenvalue weighted by Crippen LogP contribution is -2.32. The van der Waals surface area contributed by atoms with E-state index in [0.29, 0.717) is 12.2 Å². The van der Waals surface area contributed by atoms with Crippen LogP contribution in [0, 0.1) is 5.41 Å². The SMILES string of the molecule is C=CC1=NC(C(=C)/N=C(\C)C=C)C(CCC(C)(C=C)CNC(=C)O)c2ccccc21. The van der Waals surface area contributed by atoms with E-state index in [0.717, 1.165) is 29.8 Å². The maximum atomic E-state index is 9.44. The molecule has 2 N–H and O–H groups in total. The fourth-order valence-corrected chi connectivity index (χ4v) is 3.71. The number of aliphatic imine (C=N–C) groups is 2. The number of nitrogens with one attached hydrogen (secondary N) is 1. The van der Waals surface area contributed by atoms with Gasteiger partial charge in [0.05, 0.1) is 17.5 Å². The van der Waals surface area contributed by atoms with Crippen LogP contribution in [0.1, 0.15) is 43.7 Å². The highest BCUT2D eigenvalue weighted by Gasteiger charge is 2.33. The van der Waals surface area contributed by atoms with Crippen LogP contribution >= 0.6 is 0 Å². The van der Waals surface area contributed by atoms with Gasteiger partial charge in [-0.1, -0.05) is 57.0 Å². The van der Waals surface area contributed by atoms with Crippen molar-refractivity contribution in [2.75, 3.05) is 6.54 Å². The molecular weight excluding hydrogens is 370 g/mol. The topological polar surface area (TPSA) is 57.0 Å². The quantitative estimate of drug-likeness (QED) is 0.275. The van der Waals surface area contributed by atoms with Crippen LogP contribution in [-0.2, 0) is 0 Å². The molecule has 0 radical (unpaired) electrons. The summed E-state index contributed by atoms with van der Waals surface area (Å²) < 4.78 is 0. The van der Waals surface area contributed by atoms with E-state index in [1.54, 1.807) is 12.2 Å². The van der Waals surface area contributed by atoms with Gasteiger partial charge < -0.3 is 10.4 Å². The molecule has 1 aliphatic heterocycles. The predicted octanol–water partition coefficient (Wildman–Crippen LogP) is 5.88. The maximum Gasteiger partial charge on any atom is 0.176 e. The smallest absolute Gasteiger partial charge is 0.176 e. The highest BCUT2D eigenvalue weighted by Crippen LogP contribution is 2.40. The third-order valence-electron chi connectivity index (χ3n) is 5.66. The van der Waals surface area contributed by atoms with Crippen molar-refractivity contribution in [3.8, 4) is 0 Å². The van der Waals surface area contributed by atoms with Crippen LogP contribution in [0.25, 0.3) is 0 Å². The number of rotatable bonds is 11. The van der Waals surface area contributed by atoms with Gasteiger partial charge in [0.2, 0.25) is 0 Å². The molecule has 0 saturated heterocycles. The number of aliphatic hydroxyl groups is 1. The van der Waals surface area contributed by atoms with Gasteiger partial charge in [0.25, 0.3) is 0 Å². The highest BCUT2D eigenvalue weighted by molar-refractivity contribution is 6.10. The molecule has 1 aliphatic rings. The lowest BCUT2D eigenvalue weighted by molar-refractivity contribution is 0.300. The molecule has 0 bridgehead atoms. The molecular formula is C26H33N3O. The second kappa shape index (κ2) is 10.1. The molecule has 4 heteroatoms. The van der Waals surface area contributed by atoms with Crippen LogP contribution < -0.4 is 5.32 Å². The molecule has 0 saturated carbocycles. The first-order valence-corrected chi connectivity index (χ1v) is 10.2. The molecule has 1 aromatic rings. The van der Waals surface area contributed by atoms with Gasteiger partial charge in [-0.15, -0.1) is 6.58 Å². The zero-order valence-corrected chi connectivity index (χ0v) is 18.2. The minimum Gasteiger partial charge on any atom is -0.495 e. The Hall–Kier alpha value is -3.14. The van der Waals surface area contributed by atoms with Gasteiger partial charge in [-0.25, -0.2) is 0 Å². The van der Waals surface area contributed by atoms with Gasteiger partial charge >= 0.3 is 0 Å². The normalized spacial score (nSPS) is 20.2. The van der Waals surface area contributed by atoms with Crippen LogP contribution in [0.4, 0.5) is 0 Å². The van der Waals surface area contributed by atoms with Crippen molar-refractivity contribution in [3.63, 3.8) is 0 Å². The number of hydrogen-bond donors (Lipinski definition) is 2. The van der Waals surface area contributed by atoms with E-state index in [1.165, 1.54) is 5.56 Å². The highest BCUT2D eigenvalue weighted by atomic mass is 16.3. The van der Waals surface area contributed by atoms with E-state index >= 15 is 0 Å². The van der Waals surface area contributed by atoms with E-state index in [1.807, 2.05) is 19.1 Å². The van der Waals surface area contributed by atoms with E-state index in [2.05, 4.69) is 68.3 Å². The number of benzene rings is 1. The summed E-state index contributed by atoms with van der Waals surface area (Å²) in [5.74, 6) is 0.0853. The second-order valence-electron chi connectivity index (χ2n) is 8.00. The van der Waals surface area contributed by atoms with Gasteiger partial charge in [0, 0.05) is 29.2 Å². The van der Waals surface area contributed by atoms with Crippen molar-refractivity contribution >= 4 is 11.4 Å². The third-order valence-corrected chi connectivity index (χ3v) is 5.66. The Morgan fingerprint density at radius 3 is 2.57 bits per heavy atom. The predicted molar refractivity (Wildman–Crippen MR) is 129 cm³/mol. The van der Waals surface area contributed by atoms with Crippen molar-refractivity contribution in [2.24, 2.45) is 15.4 Å². The molecule has 0 aromatic heterocycles. The monoisotopic (exact) mass is 403 g/mol. The molecule has 1 heterocycles. The number of fused-ring (bicyclic) bond motifs is 1. The van der Waals surface area contributed by atoms with Crippen LogP contribution in [0.2, 0.25) is 0 Å². The summed E-state index contributed by atoms with van der Waals surface area (Å²) in [7, 11) is 0. The van der Waals surface area contributed by atoms with Crippen molar-refractivity contribution in [3.05, 3.63) is 98.1 Å². The molecule has 1 aromatic carbocycles. The average molecular weight is 404 g/mol. The van der Waals surface area contributed by atoms with Crippen molar-refractivity contribution in [2.45, 2.75) is 38.6 Å². The molecule has 3 unspecified atom stereocenters. The molecule has 0 aliphatic carbocycles. The molecule has 4 nitrogen and oxygen atoms in total. The standard InChI is InChI=1S/C26H33N3O/c1-8-18(4)28-19(5)25-23(15-16-26(7,10-3)17-27-20(6)30)21-13-11-12-14-22(21)24(9-2)29-25/h8-14,23,25,27,30H,1-3,5-6,15-17H2,4,7H3/b28-18+. The van der Waals surface area contributed by atoms with E-state index in [9.17, 15) is 5.11 Å². The number of nitrogens with zero attached hydrogens (tertiary/aromatic N) is 2. The van der Waals surface area contributed by atoms with Gasteiger partial charge in [0.1, 0.15) is 0 Å². The summed E-state index contributed by atoms with van der Waals surface area (Å²) in [6.07, 6.45) is 7.16. The molecule has 3 atom stereocenters. The van der Waals surface area contributed by atoms with Crippen molar-refractivity contribution in [1.82, 2.24) is 5.32 Å². The largest absolute Gasteiger partial charge is 0.495 e. The van der Waals surface area contributed by atoms with E-state index < -0.39 is 0 Å². The Morgan fingerprint density at radius 1 is 1.27 bits per heavy atom. The zero-order valence-electron chi connectivity index (χ0n) is 18.2. The van der Waals surface area contributed by atoms with E-state index in [4.69, 9.17) is 4.99 Å². The first kappa shape index (κ1) is 23.1. The molecule has 158 valence electrons. The fourth-order valence-electron chi connectivity index (χ4n) is 3.71. The van der Waals surface area contributed by atoms with Crippen molar-refractivity contribution < 1.29 is 5.11 Å². The Labute approximate surface area is 180 Å². The van der Waals surface area contributed by atoms with Crippen LogP contribution in [0.5, 0.6) is 0 Å². The van der Waals surface area contributed by atoms with Gasteiger partial charge in [-0.3, -0.25) is 9.98 Å². The minimum absolute atomic E-state index is 0.0354. The Morgan fingerprint density at radius 2 is 1.97 bits per heavy atom. The number of hydrogen-bond acceptors (Lipinski definition) is 4. The van der Waals surface area contributed by atoms with Crippen molar-refractivity contribution in [1.29, 1.82) is 0 Å². The molecule has 2 rings (SSSR count). The second-order valence-corrected chi connectivity index (χ2v) is 8.00. The maximum absolute atomic E-state index is 9.44. The van der Waals surface area contributed by atoms with Crippen LogP contribution in [0.15, 0.2) is 97.0 Å². The number of allylic oxidation sites excluding steroid dienone is 2. The summed E-state index contributed by atoms with van der Waals surface area (Å²) in [5.41, 5.74) is 4.51. The summed E-state index contributed by atoms with van der Waals surface area (Å²) in [4.78, 5) is 9.59. The summed E-state index contributed by atoms with van der Waals surface area (Å²) in [5, 5.41) is 12.4.